The van der Waals surface area contributed by atoms with E-state index in [9.17, 15) is 29.7 Å². The van der Waals surface area contributed by atoms with Crippen LogP contribution in [0.5, 0.6) is 0 Å². The molecule has 7 nitrogen and oxygen atoms in total. The van der Waals surface area contributed by atoms with Gasteiger partial charge in [0.25, 0.3) is 0 Å². The van der Waals surface area contributed by atoms with Crippen molar-refractivity contribution in [3.05, 3.63) is 0 Å². The summed E-state index contributed by atoms with van der Waals surface area (Å²) in [6, 6.07) is 0. The molecule has 0 rings (SSSR count). The van der Waals surface area contributed by atoms with Gasteiger partial charge in [0.1, 0.15) is 0 Å². The Morgan fingerprint density at radius 2 is 1.27 bits per heavy atom. The van der Waals surface area contributed by atoms with Crippen LogP contribution in [0.25, 0.3) is 0 Å². The van der Waals surface area contributed by atoms with Crippen LogP contribution >= 0.6 is 0 Å². The van der Waals surface area contributed by atoms with E-state index in [0.717, 1.165) is 6.92 Å². The topological polar surface area (TPSA) is 141 Å². The molecule has 0 aromatic heterocycles. The number of aliphatic hydroxyl groups is 1. The second kappa shape index (κ2) is 11.3. The van der Waals surface area contributed by atoms with E-state index in [4.69, 9.17) is 5.11 Å². The van der Waals surface area contributed by atoms with Crippen molar-refractivity contribution in [2.24, 2.45) is 0 Å². The number of rotatable bonds is 4. The van der Waals surface area contributed by atoms with E-state index in [0.29, 0.717) is 0 Å². The molecular weight excluding hydrogens is 287 g/mol. The molecular formula is C7H9O7Zr. The number of aliphatic carboxylic acids is 3. The summed E-state index contributed by atoms with van der Waals surface area (Å²) in [7, 11) is 0. The van der Waals surface area contributed by atoms with E-state index in [2.05, 4.69) is 0 Å². The number of hydrogen-bond donors (Lipinski definition) is 1. The summed E-state index contributed by atoms with van der Waals surface area (Å²) >= 11 is 0. The van der Waals surface area contributed by atoms with Gasteiger partial charge in [0, 0.05) is 11.9 Å². The average molecular weight is 296 g/mol. The van der Waals surface area contributed by atoms with Crippen LogP contribution in [0.15, 0.2) is 0 Å². The van der Waals surface area contributed by atoms with Crippen LogP contribution < -0.4 is 15.3 Å². The van der Waals surface area contributed by atoms with Gasteiger partial charge in [0.2, 0.25) is 0 Å². The first-order valence-corrected chi connectivity index (χ1v) is 3.56. The number of carbonyl (C=O) groups excluding carboxylic acids is 3. The molecule has 1 N–H and O–H groups in total. The average Bonchev–Trinajstić information content (AvgIpc) is 2.01. The Balaban J connectivity index is -0.000000187. The van der Waals surface area contributed by atoms with Gasteiger partial charge in [-0.05, 0) is 19.8 Å². The Hall–Kier alpha value is -0.747. The van der Waals surface area contributed by atoms with Gasteiger partial charge in [0.05, 0.1) is 12.1 Å². The van der Waals surface area contributed by atoms with Crippen LogP contribution in [0.1, 0.15) is 19.8 Å². The van der Waals surface area contributed by atoms with Gasteiger partial charge in [-0.25, -0.2) is 0 Å². The number of carboxylic acid groups (broad SMARTS) is 3. The fourth-order valence-corrected chi connectivity index (χ4v) is 0.204. The van der Waals surface area contributed by atoms with E-state index < -0.39 is 36.9 Å². The molecule has 1 radical (unpaired) electrons. The minimum atomic E-state index is -1.44. The SMILES string of the molecule is CC(O)C(=O)[O-].O=C([O-])CCC(=O)[O-].[Zr+3]. The molecule has 0 aliphatic carbocycles. The van der Waals surface area contributed by atoms with Crippen LogP contribution in [0.2, 0.25) is 0 Å². The van der Waals surface area contributed by atoms with Crippen molar-refractivity contribution in [2.45, 2.75) is 25.9 Å². The molecule has 8 heteroatoms. The van der Waals surface area contributed by atoms with E-state index in [1.165, 1.54) is 0 Å². The third-order valence-corrected chi connectivity index (χ3v) is 0.874. The Morgan fingerprint density at radius 3 is 1.33 bits per heavy atom. The fourth-order valence-electron chi connectivity index (χ4n) is 0.204. The normalized spacial score (nSPS) is 10.0. The monoisotopic (exact) mass is 295 g/mol. The summed E-state index contributed by atoms with van der Waals surface area (Å²) < 4.78 is 0. The van der Waals surface area contributed by atoms with Crippen molar-refractivity contribution in [1.29, 1.82) is 0 Å². The van der Waals surface area contributed by atoms with Crippen molar-refractivity contribution >= 4 is 17.9 Å². The second-order valence-corrected chi connectivity index (χ2v) is 2.24. The van der Waals surface area contributed by atoms with Gasteiger partial charge in [-0.3, -0.25) is 0 Å². The fraction of sp³-hybridized carbons (Fsp3) is 0.571. The van der Waals surface area contributed by atoms with Crippen LogP contribution in [-0.4, -0.2) is 29.1 Å². The molecule has 0 spiro atoms. The molecule has 0 bridgehead atoms. The Morgan fingerprint density at radius 1 is 1.07 bits per heavy atom. The minimum Gasteiger partial charge on any atom is -0.550 e. The molecule has 0 aliphatic heterocycles. The van der Waals surface area contributed by atoms with Gasteiger partial charge in [-0.1, -0.05) is 0 Å². The van der Waals surface area contributed by atoms with Gasteiger partial charge < -0.3 is 34.8 Å². The molecule has 0 saturated carbocycles. The second-order valence-electron chi connectivity index (χ2n) is 2.24. The summed E-state index contributed by atoms with van der Waals surface area (Å²) in [4.78, 5) is 28.3. The third-order valence-electron chi connectivity index (χ3n) is 0.874. The van der Waals surface area contributed by atoms with E-state index in [1.54, 1.807) is 0 Å². The predicted molar refractivity (Wildman–Crippen MR) is 35.9 cm³/mol. The van der Waals surface area contributed by atoms with Crippen molar-refractivity contribution < 1.29 is 61.0 Å². The van der Waals surface area contributed by atoms with Crippen LogP contribution in [0, 0.1) is 0 Å². The van der Waals surface area contributed by atoms with Crippen molar-refractivity contribution in [3.63, 3.8) is 0 Å². The number of carbonyl (C=O) groups is 3. The first kappa shape index (κ1) is 19.8. The zero-order valence-corrected chi connectivity index (χ0v) is 10.3. The van der Waals surface area contributed by atoms with E-state index in [-0.39, 0.29) is 26.2 Å². The Labute approximate surface area is 105 Å². The van der Waals surface area contributed by atoms with Crippen molar-refractivity contribution in [3.8, 4) is 0 Å². The van der Waals surface area contributed by atoms with E-state index >= 15 is 0 Å². The third kappa shape index (κ3) is 24.6. The maximum absolute atomic E-state index is 9.50. The molecule has 0 amide bonds. The smallest absolute Gasteiger partial charge is 0.550 e. The Bertz CT molecular complexity index is 199. The van der Waals surface area contributed by atoms with Gasteiger partial charge in [-0.15, -0.1) is 0 Å². The molecule has 83 valence electrons. The largest absolute Gasteiger partial charge is 3.00 e. The Kier molecular flexibility index (Phi) is 14.9. The summed E-state index contributed by atoms with van der Waals surface area (Å²) in [6.07, 6.45) is -2.28. The van der Waals surface area contributed by atoms with Crippen LogP contribution in [-0.2, 0) is 40.6 Å². The predicted octanol–water partition coefficient (Wildman–Crippen LogP) is -4.62. The molecule has 0 heterocycles. The number of hydrogen-bond acceptors (Lipinski definition) is 7. The number of carboxylic acids is 3. The first-order chi connectivity index (χ1) is 6.27. The minimum absolute atomic E-state index is 0. The first-order valence-electron chi connectivity index (χ1n) is 3.56. The van der Waals surface area contributed by atoms with Gasteiger partial charge >= 0.3 is 26.2 Å². The standard InChI is InChI=1S/C4H6O4.C3H6O3.Zr/c5-3(6)1-2-4(7)8;1-2(4)3(5)6;/h1-2H2,(H,5,6)(H,7,8);2,4H,1H3,(H,5,6);/q;;+3/p-3. The van der Waals surface area contributed by atoms with Crippen LogP contribution in [0.3, 0.4) is 0 Å². The van der Waals surface area contributed by atoms with Crippen LogP contribution in [0.4, 0.5) is 0 Å². The van der Waals surface area contributed by atoms with Gasteiger partial charge in [-0.2, -0.15) is 0 Å². The molecule has 0 aromatic carbocycles. The summed E-state index contributed by atoms with van der Waals surface area (Å²) in [5, 5.41) is 36.3. The summed E-state index contributed by atoms with van der Waals surface area (Å²) in [5.41, 5.74) is 0. The molecule has 1 atom stereocenters. The zero-order valence-electron chi connectivity index (χ0n) is 7.89. The van der Waals surface area contributed by atoms with Gasteiger partial charge in [0.15, 0.2) is 0 Å². The molecule has 1 unspecified atom stereocenters. The zero-order chi connectivity index (χ0) is 11.7. The molecule has 0 aliphatic rings. The van der Waals surface area contributed by atoms with E-state index in [1.807, 2.05) is 0 Å². The molecule has 0 fully saturated rings. The molecule has 0 saturated heterocycles. The molecule has 15 heavy (non-hydrogen) atoms. The summed E-state index contributed by atoms with van der Waals surface area (Å²) in [5.74, 6) is -4.17. The van der Waals surface area contributed by atoms with Crippen molar-refractivity contribution in [1.82, 2.24) is 0 Å². The molecule has 0 aromatic rings. The maximum Gasteiger partial charge on any atom is 3.00 e. The van der Waals surface area contributed by atoms with Crippen molar-refractivity contribution in [2.75, 3.05) is 0 Å². The maximum atomic E-state index is 9.50. The summed E-state index contributed by atoms with van der Waals surface area (Å²) in [6.45, 7) is 1.13. The quantitative estimate of drug-likeness (QED) is 0.550. The number of aliphatic hydroxyl groups excluding tert-OH is 1.